The van der Waals surface area contributed by atoms with E-state index in [-0.39, 0.29) is 24.5 Å². The first-order valence-electron chi connectivity index (χ1n) is 7.98. The van der Waals surface area contributed by atoms with Gasteiger partial charge in [0.25, 0.3) is 5.91 Å². The molecule has 1 aliphatic carbocycles. The van der Waals surface area contributed by atoms with Crippen LogP contribution in [0.2, 0.25) is 0 Å². The highest BCUT2D eigenvalue weighted by Crippen LogP contribution is 2.31. The molecule has 1 saturated heterocycles. The van der Waals surface area contributed by atoms with Crippen LogP contribution < -0.4 is 10.1 Å². The van der Waals surface area contributed by atoms with Gasteiger partial charge in [-0.3, -0.25) is 9.59 Å². The molecule has 0 unspecified atom stereocenters. The molecule has 5 heteroatoms. The Morgan fingerprint density at radius 2 is 1.77 bits per heavy atom. The molecule has 0 aromatic heterocycles. The number of ether oxygens (including phenoxy) is 1. The number of hydrogen-bond donors (Lipinski definition) is 1. The molecule has 3 rings (SSSR count). The standard InChI is InChI=1S/C17H22N2O3/c20-16(12-22-15-4-2-1-3-5-15)18-14-8-10-19(11-9-14)17(21)13-6-7-13/h1-5,13-14H,6-12H2,(H,18,20). The molecule has 118 valence electrons. The number of piperidine rings is 1. The number of benzene rings is 1. The van der Waals surface area contributed by atoms with E-state index in [0.717, 1.165) is 38.8 Å². The Bertz CT molecular complexity index is 520. The Balaban J connectivity index is 1.37. The highest BCUT2D eigenvalue weighted by atomic mass is 16.5. The fourth-order valence-electron chi connectivity index (χ4n) is 2.77. The van der Waals surface area contributed by atoms with Crippen molar-refractivity contribution in [1.29, 1.82) is 0 Å². The monoisotopic (exact) mass is 302 g/mol. The molecule has 1 aliphatic heterocycles. The number of rotatable bonds is 5. The lowest BCUT2D eigenvalue weighted by molar-refractivity contribution is -0.133. The van der Waals surface area contributed by atoms with E-state index in [1.807, 2.05) is 35.2 Å². The van der Waals surface area contributed by atoms with E-state index in [9.17, 15) is 9.59 Å². The summed E-state index contributed by atoms with van der Waals surface area (Å²) in [6.07, 6.45) is 3.75. The number of likely N-dealkylation sites (tertiary alicyclic amines) is 1. The molecule has 2 fully saturated rings. The second-order valence-electron chi connectivity index (χ2n) is 6.04. The van der Waals surface area contributed by atoms with Gasteiger partial charge in [0.1, 0.15) is 5.75 Å². The van der Waals surface area contributed by atoms with Crippen LogP contribution in [0.3, 0.4) is 0 Å². The van der Waals surface area contributed by atoms with Gasteiger partial charge < -0.3 is 15.0 Å². The Hall–Kier alpha value is -2.04. The predicted molar refractivity (Wildman–Crippen MR) is 82.4 cm³/mol. The van der Waals surface area contributed by atoms with Crippen LogP contribution in [0, 0.1) is 5.92 Å². The Morgan fingerprint density at radius 3 is 2.41 bits per heavy atom. The van der Waals surface area contributed by atoms with Gasteiger partial charge in [0, 0.05) is 25.0 Å². The fraction of sp³-hybridized carbons (Fsp3) is 0.529. The molecule has 1 aromatic carbocycles. The van der Waals surface area contributed by atoms with E-state index < -0.39 is 0 Å². The van der Waals surface area contributed by atoms with Crippen LogP contribution in [0.15, 0.2) is 30.3 Å². The van der Waals surface area contributed by atoms with Gasteiger partial charge >= 0.3 is 0 Å². The highest BCUT2D eigenvalue weighted by molar-refractivity contribution is 5.81. The topological polar surface area (TPSA) is 58.6 Å². The van der Waals surface area contributed by atoms with Crippen LogP contribution in [-0.2, 0) is 9.59 Å². The van der Waals surface area contributed by atoms with Crippen molar-refractivity contribution in [3.63, 3.8) is 0 Å². The first kappa shape index (κ1) is 14.9. The molecule has 0 bridgehead atoms. The molecule has 2 amide bonds. The van der Waals surface area contributed by atoms with E-state index >= 15 is 0 Å². The van der Waals surface area contributed by atoms with Crippen molar-refractivity contribution in [3.8, 4) is 5.75 Å². The summed E-state index contributed by atoms with van der Waals surface area (Å²) in [5.41, 5.74) is 0. The third kappa shape index (κ3) is 4.00. The van der Waals surface area contributed by atoms with Crippen molar-refractivity contribution in [1.82, 2.24) is 10.2 Å². The van der Waals surface area contributed by atoms with Crippen molar-refractivity contribution < 1.29 is 14.3 Å². The second kappa shape index (κ2) is 6.81. The fourth-order valence-corrected chi connectivity index (χ4v) is 2.77. The number of nitrogens with one attached hydrogen (secondary N) is 1. The van der Waals surface area contributed by atoms with Crippen LogP contribution in [-0.4, -0.2) is 42.5 Å². The number of nitrogens with zero attached hydrogens (tertiary/aromatic N) is 1. The van der Waals surface area contributed by atoms with Crippen molar-refractivity contribution in [2.24, 2.45) is 5.92 Å². The highest BCUT2D eigenvalue weighted by Gasteiger charge is 2.35. The van der Waals surface area contributed by atoms with Crippen LogP contribution in [0.1, 0.15) is 25.7 Å². The molecule has 1 saturated carbocycles. The number of amides is 2. The number of carbonyl (C=O) groups excluding carboxylic acids is 2. The van der Waals surface area contributed by atoms with E-state index in [1.165, 1.54) is 0 Å². The number of para-hydroxylation sites is 1. The average Bonchev–Trinajstić information content (AvgIpc) is 3.39. The lowest BCUT2D eigenvalue weighted by atomic mass is 10.0. The third-order valence-corrected chi connectivity index (χ3v) is 4.21. The minimum atomic E-state index is -0.101. The molecule has 0 radical (unpaired) electrons. The Labute approximate surface area is 130 Å². The van der Waals surface area contributed by atoms with Crippen LogP contribution in [0.25, 0.3) is 0 Å². The number of carbonyl (C=O) groups is 2. The second-order valence-corrected chi connectivity index (χ2v) is 6.04. The molecule has 1 aromatic rings. The van der Waals surface area contributed by atoms with Gasteiger partial charge in [-0.2, -0.15) is 0 Å². The van der Waals surface area contributed by atoms with Crippen molar-refractivity contribution in [3.05, 3.63) is 30.3 Å². The Kier molecular flexibility index (Phi) is 4.61. The largest absolute Gasteiger partial charge is 0.484 e. The molecule has 0 atom stereocenters. The van der Waals surface area contributed by atoms with Crippen molar-refractivity contribution >= 4 is 11.8 Å². The SMILES string of the molecule is O=C(COc1ccccc1)NC1CCN(C(=O)C2CC2)CC1. The van der Waals surface area contributed by atoms with E-state index in [0.29, 0.717) is 11.7 Å². The van der Waals surface area contributed by atoms with Gasteiger partial charge in [0.05, 0.1) is 0 Å². The first-order chi connectivity index (χ1) is 10.7. The molecule has 22 heavy (non-hydrogen) atoms. The van der Waals surface area contributed by atoms with Crippen LogP contribution >= 0.6 is 0 Å². The van der Waals surface area contributed by atoms with Crippen LogP contribution in [0.4, 0.5) is 0 Å². The molecule has 2 aliphatic rings. The molecular weight excluding hydrogens is 280 g/mol. The lowest BCUT2D eigenvalue weighted by Crippen LogP contribution is -2.47. The molecule has 1 N–H and O–H groups in total. The molecular formula is C17H22N2O3. The zero-order chi connectivity index (χ0) is 15.4. The zero-order valence-corrected chi connectivity index (χ0v) is 12.7. The average molecular weight is 302 g/mol. The maximum Gasteiger partial charge on any atom is 0.258 e. The quantitative estimate of drug-likeness (QED) is 0.898. The summed E-state index contributed by atoms with van der Waals surface area (Å²) in [6.45, 7) is 1.53. The van der Waals surface area contributed by atoms with E-state index in [4.69, 9.17) is 4.74 Å². The van der Waals surface area contributed by atoms with Gasteiger partial charge in [-0.1, -0.05) is 18.2 Å². The van der Waals surface area contributed by atoms with Gasteiger partial charge in [-0.05, 0) is 37.8 Å². The minimum Gasteiger partial charge on any atom is -0.484 e. The summed E-state index contributed by atoms with van der Waals surface area (Å²) >= 11 is 0. The summed E-state index contributed by atoms with van der Waals surface area (Å²) < 4.78 is 5.43. The van der Waals surface area contributed by atoms with Crippen LogP contribution in [0.5, 0.6) is 5.75 Å². The molecule has 1 heterocycles. The smallest absolute Gasteiger partial charge is 0.258 e. The maximum absolute atomic E-state index is 12.0. The number of hydrogen-bond acceptors (Lipinski definition) is 3. The van der Waals surface area contributed by atoms with Gasteiger partial charge in [-0.15, -0.1) is 0 Å². The van der Waals surface area contributed by atoms with Crippen molar-refractivity contribution in [2.75, 3.05) is 19.7 Å². The summed E-state index contributed by atoms with van der Waals surface area (Å²) in [4.78, 5) is 25.8. The molecule has 5 nitrogen and oxygen atoms in total. The summed E-state index contributed by atoms with van der Waals surface area (Å²) in [5.74, 6) is 1.18. The van der Waals surface area contributed by atoms with Gasteiger partial charge in [-0.25, -0.2) is 0 Å². The summed E-state index contributed by atoms with van der Waals surface area (Å²) in [6, 6.07) is 9.46. The van der Waals surface area contributed by atoms with Gasteiger partial charge in [0.15, 0.2) is 6.61 Å². The third-order valence-electron chi connectivity index (χ3n) is 4.21. The predicted octanol–water partition coefficient (Wildman–Crippen LogP) is 1.58. The lowest BCUT2D eigenvalue weighted by Gasteiger charge is -2.32. The van der Waals surface area contributed by atoms with Crippen molar-refractivity contribution in [2.45, 2.75) is 31.7 Å². The first-order valence-corrected chi connectivity index (χ1v) is 7.98. The molecule has 0 spiro atoms. The maximum atomic E-state index is 12.0. The summed E-state index contributed by atoms with van der Waals surface area (Å²) in [5, 5.41) is 2.99. The van der Waals surface area contributed by atoms with E-state index in [1.54, 1.807) is 0 Å². The zero-order valence-electron chi connectivity index (χ0n) is 12.7. The normalized spacial score (nSPS) is 18.8. The van der Waals surface area contributed by atoms with Gasteiger partial charge in [0.2, 0.25) is 5.91 Å². The minimum absolute atomic E-state index is 0.0330. The summed E-state index contributed by atoms with van der Waals surface area (Å²) in [7, 11) is 0. The van der Waals surface area contributed by atoms with E-state index in [2.05, 4.69) is 5.32 Å². The Morgan fingerprint density at radius 1 is 1.09 bits per heavy atom.